The maximum atomic E-state index is 4.29. The lowest BCUT2D eigenvalue weighted by atomic mass is 9.97. The molecule has 0 aromatic carbocycles. The van der Waals surface area contributed by atoms with Crippen molar-refractivity contribution >= 4 is 29.9 Å². The monoisotopic (exact) mass is 422 g/mol. The first-order chi connectivity index (χ1) is 10.3. The molecule has 0 saturated heterocycles. The lowest BCUT2D eigenvalue weighted by Crippen LogP contribution is -2.39. The molecule has 1 rings (SSSR count). The van der Waals surface area contributed by atoms with Gasteiger partial charge < -0.3 is 15.5 Å². The van der Waals surface area contributed by atoms with Crippen molar-refractivity contribution in [2.45, 2.75) is 52.4 Å². The van der Waals surface area contributed by atoms with Gasteiger partial charge in [0.25, 0.3) is 0 Å². The van der Waals surface area contributed by atoms with Gasteiger partial charge in [-0.15, -0.1) is 24.0 Å². The molecule has 1 aliphatic carbocycles. The van der Waals surface area contributed by atoms with E-state index in [1.54, 1.807) is 5.57 Å². The summed E-state index contributed by atoms with van der Waals surface area (Å²) in [5.41, 5.74) is 1.62. The van der Waals surface area contributed by atoms with E-state index >= 15 is 0 Å². The van der Waals surface area contributed by atoms with Crippen LogP contribution in [0.1, 0.15) is 52.4 Å². The highest BCUT2D eigenvalue weighted by Gasteiger charge is 2.04. The van der Waals surface area contributed by atoms with Crippen molar-refractivity contribution in [3.63, 3.8) is 0 Å². The molecule has 5 heteroatoms. The van der Waals surface area contributed by atoms with E-state index in [1.165, 1.54) is 25.7 Å². The third-order valence-electron chi connectivity index (χ3n) is 4.19. The molecule has 22 heavy (non-hydrogen) atoms. The molecule has 0 unspecified atom stereocenters. The van der Waals surface area contributed by atoms with Gasteiger partial charge in [-0.05, 0) is 58.2 Å². The fourth-order valence-corrected chi connectivity index (χ4v) is 2.74. The van der Waals surface area contributed by atoms with E-state index in [0.717, 1.165) is 51.5 Å². The minimum absolute atomic E-state index is 0. The van der Waals surface area contributed by atoms with E-state index in [0.29, 0.717) is 0 Å². The van der Waals surface area contributed by atoms with Crippen LogP contribution in [0.25, 0.3) is 0 Å². The highest BCUT2D eigenvalue weighted by molar-refractivity contribution is 14.0. The molecule has 2 N–H and O–H groups in total. The number of hydrogen-bond acceptors (Lipinski definition) is 2. The number of nitrogens with zero attached hydrogens (tertiary/aromatic N) is 2. The van der Waals surface area contributed by atoms with Crippen LogP contribution in [0.2, 0.25) is 0 Å². The highest BCUT2D eigenvalue weighted by atomic mass is 127. The third kappa shape index (κ3) is 9.66. The van der Waals surface area contributed by atoms with Crippen molar-refractivity contribution in [2.24, 2.45) is 4.99 Å². The molecular formula is C17H35IN4. The zero-order valence-electron chi connectivity index (χ0n) is 14.7. The van der Waals surface area contributed by atoms with Gasteiger partial charge in [-0.1, -0.05) is 25.5 Å². The largest absolute Gasteiger partial charge is 0.356 e. The second kappa shape index (κ2) is 14.3. The smallest absolute Gasteiger partial charge is 0.190 e. The molecule has 4 nitrogen and oxygen atoms in total. The number of allylic oxidation sites excluding steroid dienone is 1. The minimum atomic E-state index is 0. The van der Waals surface area contributed by atoms with Crippen molar-refractivity contribution in [1.82, 2.24) is 15.5 Å². The fraction of sp³-hybridized carbons (Fsp3) is 0.824. The number of nitrogens with one attached hydrogen (secondary N) is 2. The van der Waals surface area contributed by atoms with Crippen LogP contribution in [0.15, 0.2) is 16.6 Å². The van der Waals surface area contributed by atoms with Crippen LogP contribution in [0, 0.1) is 0 Å². The molecule has 0 aliphatic heterocycles. The maximum absolute atomic E-state index is 4.29. The van der Waals surface area contributed by atoms with Gasteiger partial charge >= 0.3 is 0 Å². The summed E-state index contributed by atoms with van der Waals surface area (Å²) in [7, 11) is 1.85. The van der Waals surface area contributed by atoms with E-state index in [1.807, 2.05) is 7.05 Å². The van der Waals surface area contributed by atoms with Gasteiger partial charge in [-0.25, -0.2) is 0 Å². The van der Waals surface area contributed by atoms with Gasteiger partial charge in [0.05, 0.1) is 0 Å². The quantitative estimate of drug-likeness (QED) is 0.197. The molecule has 0 saturated carbocycles. The molecule has 0 amide bonds. The molecule has 0 fully saturated rings. The molecule has 0 aromatic rings. The zero-order valence-corrected chi connectivity index (χ0v) is 17.0. The summed E-state index contributed by atoms with van der Waals surface area (Å²) in [6.45, 7) is 9.84. The zero-order chi connectivity index (χ0) is 15.3. The van der Waals surface area contributed by atoms with Crippen LogP contribution in [-0.4, -0.2) is 50.6 Å². The maximum Gasteiger partial charge on any atom is 0.190 e. The van der Waals surface area contributed by atoms with Crippen LogP contribution >= 0.6 is 24.0 Å². The van der Waals surface area contributed by atoms with Gasteiger partial charge in [0, 0.05) is 20.1 Å². The highest BCUT2D eigenvalue weighted by Crippen LogP contribution is 2.19. The first-order valence-electron chi connectivity index (χ1n) is 8.64. The van der Waals surface area contributed by atoms with Crippen LogP contribution in [0.5, 0.6) is 0 Å². The molecule has 0 atom stereocenters. The molecule has 0 aromatic heterocycles. The predicted octanol–water partition coefficient (Wildman–Crippen LogP) is 3.39. The molecule has 0 radical (unpaired) electrons. The normalized spacial score (nSPS) is 15.3. The average Bonchev–Trinajstić information content (AvgIpc) is 2.54. The Bertz CT molecular complexity index is 325. The van der Waals surface area contributed by atoms with Gasteiger partial charge in [-0.3, -0.25) is 4.99 Å². The molecule has 0 spiro atoms. The van der Waals surface area contributed by atoms with Gasteiger partial charge in [-0.2, -0.15) is 0 Å². The molecule has 0 heterocycles. The molecular weight excluding hydrogens is 387 g/mol. The number of hydrogen-bond donors (Lipinski definition) is 2. The number of halogens is 1. The first-order valence-corrected chi connectivity index (χ1v) is 8.64. The van der Waals surface area contributed by atoms with E-state index in [4.69, 9.17) is 0 Å². The van der Waals surface area contributed by atoms with Crippen molar-refractivity contribution < 1.29 is 0 Å². The summed E-state index contributed by atoms with van der Waals surface area (Å²) in [5, 5.41) is 6.82. The Labute approximate surface area is 154 Å². The van der Waals surface area contributed by atoms with E-state index in [2.05, 4.69) is 40.4 Å². The van der Waals surface area contributed by atoms with E-state index in [-0.39, 0.29) is 24.0 Å². The Hall–Kier alpha value is -0.300. The molecule has 0 bridgehead atoms. The molecule has 1 aliphatic rings. The summed E-state index contributed by atoms with van der Waals surface area (Å²) >= 11 is 0. The summed E-state index contributed by atoms with van der Waals surface area (Å²) in [4.78, 5) is 6.74. The topological polar surface area (TPSA) is 39.7 Å². The minimum Gasteiger partial charge on any atom is -0.356 e. The Morgan fingerprint density at radius 1 is 1.18 bits per heavy atom. The lowest BCUT2D eigenvalue weighted by Gasteiger charge is -2.18. The van der Waals surface area contributed by atoms with E-state index in [9.17, 15) is 0 Å². The average molecular weight is 422 g/mol. The lowest BCUT2D eigenvalue weighted by molar-refractivity contribution is 0.300. The standard InChI is InChI=1S/C17H34N4.HI/c1-4-21(5-2)15-9-13-19-17(18-3)20-14-12-16-10-7-6-8-11-16;/h10H,4-9,11-15H2,1-3H3,(H2,18,19,20);1H. The van der Waals surface area contributed by atoms with Gasteiger partial charge in [0.1, 0.15) is 0 Å². The second-order valence-corrected chi connectivity index (χ2v) is 5.66. The van der Waals surface area contributed by atoms with Crippen molar-refractivity contribution in [2.75, 3.05) is 39.8 Å². The second-order valence-electron chi connectivity index (χ2n) is 5.66. The van der Waals surface area contributed by atoms with E-state index < -0.39 is 0 Å². The van der Waals surface area contributed by atoms with Crippen molar-refractivity contribution in [3.8, 4) is 0 Å². The van der Waals surface area contributed by atoms with Crippen LogP contribution < -0.4 is 10.6 Å². The van der Waals surface area contributed by atoms with Gasteiger partial charge in [0.15, 0.2) is 5.96 Å². The van der Waals surface area contributed by atoms with Crippen LogP contribution in [0.4, 0.5) is 0 Å². The Morgan fingerprint density at radius 2 is 1.91 bits per heavy atom. The number of guanidine groups is 1. The summed E-state index contributed by atoms with van der Waals surface area (Å²) in [6, 6.07) is 0. The summed E-state index contributed by atoms with van der Waals surface area (Å²) in [5.74, 6) is 0.936. The SMILES string of the molecule is CCN(CC)CCCNC(=NC)NCCC1=CCCCC1.I. The Balaban J connectivity index is 0.00000441. The fourth-order valence-electron chi connectivity index (χ4n) is 2.74. The summed E-state index contributed by atoms with van der Waals surface area (Å²) < 4.78 is 0. The van der Waals surface area contributed by atoms with Crippen LogP contribution in [-0.2, 0) is 0 Å². The first kappa shape index (κ1) is 21.7. The molecule has 130 valence electrons. The number of aliphatic imine (C=N–C) groups is 1. The third-order valence-corrected chi connectivity index (χ3v) is 4.19. The number of rotatable bonds is 9. The van der Waals surface area contributed by atoms with Gasteiger partial charge in [0.2, 0.25) is 0 Å². The predicted molar refractivity (Wildman–Crippen MR) is 108 cm³/mol. The summed E-state index contributed by atoms with van der Waals surface area (Å²) in [6.07, 6.45) is 10.0. The van der Waals surface area contributed by atoms with Crippen molar-refractivity contribution in [3.05, 3.63) is 11.6 Å². The van der Waals surface area contributed by atoms with Crippen molar-refractivity contribution in [1.29, 1.82) is 0 Å². The Morgan fingerprint density at radius 3 is 2.50 bits per heavy atom. The Kier molecular flexibility index (Phi) is 14.1. The van der Waals surface area contributed by atoms with Crippen LogP contribution in [0.3, 0.4) is 0 Å².